The Morgan fingerprint density at radius 1 is 1.20 bits per heavy atom. The van der Waals surface area contributed by atoms with Gasteiger partial charge in [0.05, 0.1) is 0 Å². The first-order valence-corrected chi connectivity index (χ1v) is 7.27. The van der Waals surface area contributed by atoms with E-state index in [0.29, 0.717) is 6.54 Å². The van der Waals surface area contributed by atoms with E-state index in [1.807, 2.05) is 42.5 Å². The Bertz CT molecular complexity index is 631. The molecule has 2 aromatic carbocycles. The minimum Gasteiger partial charge on any atom is -0.381 e. The van der Waals surface area contributed by atoms with Crippen LogP contribution in [0.25, 0.3) is 0 Å². The van der Waals surface area contributed by atoms with Crippen LogP contribution in [-0.4, -0.2) is 5.91 Å². The summed E-state index contributed by atoms with van der Waals surface area (Å²) in [6, 6.07) is 13.3. The van der Waals surface area contributed by atoms with Gasteiger partial charge in [-0.1, -0.05) is 33.6 Å². The van der Waals surface area contributed by atoms with Crippen LogP contribution in [0, 0.1) is 0 Å². The second-order valence-corrected chi connectivity index (χ2v) is 5.67. The molecule has 0 atom stereocenters. The van der Waals surface area contributed by atoms with Crippen molar-refractivity contribution >= 4 is 44.8 Å². The van der Waals surface area contributed by atoms with Gasteiger partial charge in [-0.05, 0) is 42.0 Å². The molecule has 0 saturated heterocycles. The average molecular weight is 354 g/mol. The van der Waals surface area contributed by atoms with E-state index in [-0.39, 0.29) is 5.91 Å². The molecule has 0 aromatic heterocycles. The average Bonchev–Trinajstić information content (AvgIpc) is 2.39. The van der Waals surface area contributed by atoms with Gasteiger partial charge in [-0.15, -0.1) is 0 Å². The van der Waals surface area contributed by atoms with Crippen LogP contribution < -0.4 is 10.6 Å². The van der Waals surface area contributed by atoms with Crippen molar-refractivity contribution < 1.29 is 4.79 Å². The molecule has 104 valence electrons. The fourth-order valence-corrected chi connectivity index (χ4v) is 2.38. The lowest BCUT2D eigenvalue weighted by Crippen LogP contribution is -2.06. The Morgan fingerprint density at radius 3 is 2.70 bits per heavy atom. The molecule has 0 bridgehead atoms. The first kappa shape index (κ1) is 14.9. The van der Waals surface area contributed by atoms with Crippen LogP contribution in [0.2, 0.25) is 5.02 Å². The second kappa shape index (κ2) is 6.77. The van der Waals surface area contributed by atoms with Crippen LogP contribution in [-0.2, 0) is 11.3 Å². The highest BCUT2D eigenvalue weighted by molar-refractivity contribution is 9.10. The van der Waals surface area contributed by atoms with Crippen LogP contribution >= 0.6 is 27.5 Å². The molecular weight excluding hydrogens is 340 g/mol. The van der Waals surface area contributed by atoms with E-state index in [4.69, 9.17) is 11.6 Å². The highest BCUT2D eigenvalue weighted by Gasteiger charge is 2.02. The summed E-state index contributed by atoms with van der Waals surface area (Å²) in [5.74, 6) is -0.0859. The number of hydrogen-bond acceptors (Lipinski definition) is 2. The molecule has 1 amide bonds. The normalized spacial score (nSPS) is 10.2. The third-order valence-corrected chi connectivity index (χ3v) is 3.54. The molecule has 0 aliphatic carbocycles. The van der Waals surface area contributed by atoms with Gasteiger partial charge in [0, 0.05) is 34.3 Å². The standard InChI is InChI=1S/C15H14BrClN2O/c1-10(20)19-14-4-2-3-13(8-14)18-9-11-7-12(16)5-6-15(11)17/h2-8,18H,9H2,1H3,(H,19,20). The van der Waals surface area contributed by atoms with Gasteiger partial charge in [0.2, 0.25) is 5.91 Å². The predicted octanol–water partition coefficient (Wildman–Crippen LogP) is 4.67. The topological polar surface area (TPSA) is 41.1 Å². The first-order valence-electron chi connectivity index (χ1n) is 6.10. The Hall–Kier alpha value is -1.52. The van der Waals surface area contributed by atoms with Crippen molar-refractivity contribution in [2.24, 2.45) is 0 Å². The summed E-state index contributed by atoms with van der Waals surface area (Å²) in [6.45, 7) is 2.10. The Balaban J connectivity index is 2.07. The number of benzene rings is 2. The molecule has 0 fully saturated rings. The Labute approximate surface area is 131 Å². The minimum atomic E-state index is -0.0859. The lowest BCUT2D eigenvalue weighted by atomic mass is 10.2. The second-order valence-electron chi connectivity index (χ2n) is 4.35. The molecule has 0 radical (unpaired) electrons. The molecule has 2 aromatic rings. The number of carbonyl (C=O) groups excluding carboxylic acids is 1. The molecule has 2 N–H and O–H groups in total. The van der Waals surface area contributed by atoms with Crippen LogP contribution in [0.1, 0.15) is 12.5 Å². The number of halogens is 2. The maximum atomic E-state index is 11.0. The molecule has 0 heterocycles. The minimum absolute atomic E-state index is 0.0859. The zero-order chi connectivity index (χ0) is 14.5. The van der Waals surface area contributed by atoms with Gasteiger partial charge < -0.3 is 10.6 Å². The van der Waals surface area contributed by atoms with Crippen molar-refractivity contribution in [2.75, 3.05) is 10.6 Å². The van der Waals surface area contributed by atoms with Gasteiger partial charge in [-0.3, -0.25) is 4.79 Å². The molecular formula is C15H14BrClN2O. The largest absolute Gasteiger partial charge is 0.381 e. The molecule has 20 heavy (non-hydrogen) atoms. The third kappa shape index (κ3) is 4.25. The summed E-state index contributed by atoms with van der Waals surface area (Å²) in [4.78, 5) is 11.0. The third-order valence-electron chi connectivity index (χ3n) is 2.67. The number of anilines is 2. The van der Waals surface area contributed by atoms with E-state index in [9.17, 15) is 4.79 Å². The number of carbonyl (C=O) groups is 1. The van der Waals surface area contributed by atoms with E-state index in [2.05, 4.69) is 26.6 Å². The predicted molar refractivity (Wildman–Crippen MR) is 87.2 cm³/mol. The van der Waals surface area contributed by atoms with Crippen LogP contribution in [0.15, 0.2) is 46.9 Å². The molecule has 0 spiro atoms. The van der Waals surface area contributed by atoms with Gasteiger partial charge in [0.1, 0.15) is 0 Å². The fourth-order valence-electron chi connectivity index (χ4n) is 1.79. The summed E-state index contributed by atoms with van der Waals surface area (Å²) < 4.78 is 0.991. The van der Waals surface area contributed by atoms with Gasteiger partial charge in [-0.25, -0.2) is 0 Å². The monoisotopic (exact) mass is 352 g/mol. The van der Waals surface area contributed by atoms with Crippen LogP contribution in [0.3, 0.4) is 0 Å². The number of rotatable bonds is 4. The van der Waals surface area contributed by atoms with Gasteiger partial charge in [0.15, 0.2) is 0 Å². The SMILES string of the molecule is CC(=O)Nc1cccc(NCc2cc(Br)ccc2Cl)c1. The molecule has 3 nitrogen and oxygen atoms in total. The number of amides is 1. The lowest BCUT2D eigenvalue weighted by Gasteiger charge is -2.10. The van der Waals surface area contributed by atoms with Crippen molar-refractivity contribution in [1.29, 1.82) is 0 Å². The Morgan fingerprint density at radius 2 is 1.95 bits per heavy atom. The van der Waals surface area contributed by atoms with Gasteiger partial charge >= 0.3 is 0 Å². The zero-order valence-electron chi connectivity index (χ0n) is 10.9. The van der Waals surface area contributed by atoms with Crippen molar-refractivity contribution in [1.82, 2.24) is 0 Å². The molecule has 0 unspecified atom stereocenters. The zero-order valence-corrected chi connectivity index (χ0v) is 13.3. The highest BCUT2D eigenvalue weighted by Crippen LogP contribution is 2.22. The summed E-state index contributed by atoms with van der Waals surface area (Å²) in [5, 5.41) is 6.76. The maximum Gasteiger partial charge on any atom is 0.221 e. The van der Waals surface area contributed by atoms with Crippen LogP contribution in [0.4, 0.5) is 11.4 Å². The van der Waals surface area contributed by atoms with Crippen molar-refractivity contribution in [3.63, 3.8) is 0 Å². The van der Waals surface area contributed by atoms with Crippen molar-refractivity contribution in [2.45, 2.75) is 13.5 Å². The van der Waals surface area contributed by atoms with Crippen LogP contribution in [0.5, 0.6) is 0 Å². The highest BCUT2D eigenvalue weighted by atomic mass is 79.9. The maximum absolute atomic E-state index is 11.0. The molecule has 0 aliphatic rings. The first-order chi connectivity index (χ1) is 9.54. The molecule has 5 heteroatoms. The summed E-state index contributed by atoms with van der Waals surface area (Å²) in [5.41, 5.74) is 2.70. The quantitative estimate of drug-likeness (QED) is 0.838. The van der Waals surface area contributed by atoms with E-state index in [1.54, 1.807) is 0 Å². The summed E-state index contributed by atoms with van der Waals surface area (Å²) >= 11 is 9.57. The summed E-state index contributed by atoms with van der Waals surface area (Å²) in [6.07, 6.45) is 0. The lowest BCUT2D eigenvalue weighted by molar-refractivity contribution is -0.114. The Kier molecular flexibility index (Phi) is 5.04. The van der Waals surface area contributed by atoms with E-state index in [1.165, 1.54) is 6.92 Å². The fraction of sp³-hybridized carbons (Fsp3) is 0.133. The molecule has 0 aliphatic heterocycles. The molecule has 0 saturated carbocycles. The number of nitrogens with one attached hydrogen (secondary N) is 2. The number of hydrogen-bond donors (Lipinski definition) is 2. The van der Waals surface area contributed by atoms with Gasteiger partial charge in [-0.2, -0.15) is 0 Å². The smallest absolute Gasteiger partial charge is 0.221 e. The molecule has 2 rings (SSSR count). The van der Waals surface area contributed by atoms with Crippen molar-refractivity contribution in [3.05, 3.63) is 57.5 Å². The van der Waals surface area contributed by atoms with E-state index >= 15 is 0 Å². The van der Waals surface area contributed by atoms with E-state index in [0.717, 1.165) is 26.4 Å². The van der Waals surface area contributed by atoms with E-state index < -0.39 is 0 Å². The summed E-state index contributed by atoms with van der Waals surface area (Å²) in [7, 11) is 0. The van der Waals surface area contributed by atoms with Crippen molar-refractivity contribution in [3.8, 4) is 0 Å². The van der Waals surface area contributed by atoms with Gasteiger partial charge in [0.25, 0.3) is 0 Å².